The van der Waals surface area contributed by atoms with Crippen LogP contribution in [0.25, 0.3) is 0 Å². The zero-order valence-corrected chi connectivity index (χ0v) is 13.3. The SMILES string of the molecule is O=C(Cc1ccsc1)NC1CNCCC1c1ccc(F)c(F)c1. The maximum Gasteiger partial charge on any atom is 0.224 e. The fourth-order valence-electron chi connectivity index (χ4n) is 2.99. The molecule has 1 fully saturated rings. The number of carbonyl (C=O) groups excluding carboxylic acids is 1. The molecule has 0 radical (unpaired) electrons. The van der Waals surface area contributed by atoms with Gasteiger partial charge in [-0.2, -0.15) is 11.3 Å². The van der Waals surface area contributed by atoms with Crippen LogP contribution in [0.2, 0.25) is 0 Å². The minimum Gasteiger partial charge on any atom is -0.351 e. The molecule has 6 heteroatoms. The van der Waals surface area contributed by atoms with Crippen molar-refractivity contribution in [2.24, 2.45) is 0 Å². The van der Waals surface area contributed by atoms with Gasteiger partial charge in [0.15, 0.2) is 11.6 Å². The van der Waals surface area contributed by atoms with Crippen LogP contribution in [-0.4, -0.2) is 25.0 Å². The molecule has 1 aliphatic rings. The molecule has 0 aliphatic carbocycles. The highest BCUT2D eigenvalue weighted by atomic mass is 32.1. The smallest absolute Gasteiger partial charge is 0.224 e. The van der Waals surface area contributed by atoms with Crippen molar-refractivity contribution in [1.29, 1.82) is 0 Å². The van der Waals surface area contributed by atoms with Gasteiger partial charge in [0.05, 0.1) is 6.42 Å². The molecular weight excluding hydrogens is 318 g/mol. The predicted octanol–water partition coefficient (Wildman–Crippen LogP) is 2.83. The number of piperidine rings is 1. The molecule has 1 aliphatic heterocycles. The molecule has 0 spiro atoms. The monoisotopic (exact) mass is 336 g/mol. The third kappa shape index (κ3) is 3.95. The number of nitrogens with one attached hydrogen (secondary N) is 2. The molecule has 122 valence electrons. The molecule has 2 N–H and O–H groups in total. The molecule has 2 aromatic rings. The molecule has 2 unspecified atom stereocenters. The number of halogens is 2. The quantitative estimate of drug-likeness (QED) is 0.901. The summed E-state index contributed by atoms with van der Waals surface area (Å²) in [6.45, 7) is 1.42. The second-order valence-corrected chi connectivity index (χ2v) is 6.54. The van der Waals surface area contributed by atoms with Crippen LogP contribution in [0.15, 0.2) is 35.0 Å². The summed E-state index contributed by atoms with van der Waals surface area (Å²) in [5.41, 5.74) is 1.71. The molecule has 23 heavy (non-hydrogen) atoms. The van der Waals surface area contributed by atoms with Gasteiger partial charge in [0.2, 0.25) is 5.91 Å². The Labute approximate surface area is 137 Å². The van der Waals surface area contributed by atoms with Crippen molar-refractivity contribution in [3.63, 3.8) is 0 Å². The summed E-state index contributed by atoms with van der Waals surface area (Å²) in [6.07, 6.45) is 1.11. The summed E-state index contributed by atoms with van der Waals surface area (Å²) >= 11 is 1.56. The van der Waals surface area contributed by atoms with Gasteiger partial charge in [0.1, 0.15) is 0 Å². The predicted molar refractivity (Wildman–Crippen MR) is 86.5 cm³/mol. The van der Waals surface area contributed by atoms with E-state index in [9.17, 15) is 13.6 Å². The molecule has 3 rings (SSSR count). The Balaban J connectivity index is 1.70. The van der Waals surface area contributed by atoms with Crippen LogP contribution in [0, 0.1) is 11.6 Å². The highest BCUT2D eigenvalue weighted by Gasteiger charge is 2.28. The van der Waals surface area contributed by atoms with Crippen LogP contribution in [0.3, 0.4) is 0 Å². The van der Waals surface area contributed by atoms with Crippen LogP contribution in [0.5, 0.6) is 0 Å². The maximum atomic E-state index is 13.5. The first-order valence-electron chi connectivity index (χ1n) is 7.59. The lowest BCUT2D eigenvalue weighted by molar-refractivity contribution is -0.121. The molecule has 0 bridgehead atoms. The Bertz CT molecular complexity index is 675. The van der Waals surface area contributed by atoms with Gasteiger partial charge in [-0.15, -0.1) is 0 Å². The topological polar surface area (TPSA) is 41.1 Å². The van der Waals surface area contributed by atoms with Crippen molar-refractivity contribution in [1.82, 2.24) is 10.6 Å². The first kappa shape index (κ1) is 16.1. The van der Waals surface area contributed by atoms with Gasteiger partial charge < -0.3 is 10.6 Å². The molecule has 1 aromatic heterocycles. The zero-order valence-electron chi connectivity index (χ0n) is 12.5. The molecule has 1 amide bonds. The molecular formula is C17H18F2N2OS. The first-order chi connectivity index (χ1) is 11.1. The molecule has 0 saturated carbocycles. The van der Waals surface area contributed by atoms with E-state index in [2.05, 4.69) is 10.6 Å². The lowest BCUT2D eigenvalue weighted by Gasteiger charge is -2.33. The lowest BCUT2D eigenvalue weighted by atomic mass is 9.86. The normalized spacial score (nSPS) is 21.1. The molecule has 2 heterocycles. The summed E-state index contributed by atoms with van der Waals surface area (Å²) in [7, 11) is 0. The van der Waals surface area contributed by atoms with Crippen LogP contribution in [0.4, 0.5) is 8.78 Å². The Morgan fingerprint density at radius 2 is 2.17 bits per heavy atom. The van der Waals surface area contributed by atoms with Gasteiger partial charge in [-0.05, 0) is 53.1 Å². The van der Waals surface area contributed by atoms with Crippen molar-refractivity contribution in [2.75, 3.05) is 13.1 Å². The number of benzene rings is 1. The van der Waals surface area contributed by atoms with Crippen molar-refractivity contribution in [2.45, 2.75) is 24.8 Å². The minimum absolute atomic E-state index is 0.0159. The van der Waals surface area contributed by atoms with Crippen molar-refractivity contribution >= 4 is 17.2 Å². The minimum atomic E-state index is -0.847. The van der Waals surface area contributed by atoms with E-state index in [1.807, 2.05) is 16.8 Å². The fraction of sp³-hybridized carbons (Fsp3) is 0.353. The van der Waals surface area contributed by atoms with Crippen LogP contribution >= 0.6 is 11.3 Å². The summed E-state index contributed by atoms with van der Waals surface area (Å²) in [6, 6.07) is 5.79. The van der Waals surface area contributed by atoms with E-state index in [0.717, 1.165) is 30.2 Å². The summed E-state index contributed by atoms with van der Waals surface area (Å²) in [5.74, 6) is -1.76. The average Bonchev–Trinajstić information content (AvgIpc) is 3.03. The second kappa shape index (κ2) is 7.19. The lowest BCUT2D eigenvalue weighted by Crippen LogP contribution is -2.50. The first-order valence-corrected chi connectivity index (χ1v) is 8.54. The van der Waals surface area contributed by atoms with Crippen LogP contribution < -0.4 is 10.6 Å². The fourth-order valence-corrected chi connectivity index (χ4v) is 3.66. The number of hydrogen-bond donors (Lipinski definition) is 2. The summed E-state index contributed by atoms with van der Waals surface area (Å²) < 4.78 is 26.6. The third-order valence-electron chi connectivity index (χ3n) is 4.15. The average molecular weight is 336 g/mol. The highest BCUT2D eigenvalue weighted by Crippen LogP contribution is 2.27. The number of thiophene rings is 1. The Morgan fingerprint density at radius 3 is 2.91 bits per heavy atom. The van der Waals surface area contributed by atoms with E-state index in [-0.39, 0.29) is 17.9 Å². The molecule has 1 aromatic carbocycles. The molecule has 2 atom stereocenters. The van der Waals surface area contributed by atoms with Gasteiger partial charge in [-0.3, -0.25) is 4.79 Å². The van der Waals surface area contributed by atoms with E-state index in [4.69, 9.17) is 0 Å². The van der Waals surface area contributed by atoms with Crippen molar-refractivity contribution in [3.05, 3.63) is 57.8 Å². The number of amides is 1. The third-order valence-corrected chi connectivity index (χ3v) is 4.88. The second-order valence-electron chi connectivity index (χ2n) is 5.76. The number of carbonyl (C=O) groups is 1. The van der Waals surface area contributed by atoms with E-state index < -0.39 is 11.6 Å². The number of hydrogen-bond acceptors (Lipinski definition) is 3. The van der Waals surface area contributed by atoms with Gasteiger partial charge in [0, 0.05) is 18.5 Å². The van der Waals surface area contributed by atoms with E-state index in [1.165, 1.54) is 6.07 Å². The zero-order chi connectivity index (χ0) is 16.2. The van der Waals surface area contributed by atoms with E-state index in [1.54, 1.807) is 17.4 Å². The summed E-state index contributed by atoms with van der Waals surface area (Å²) in [5, 5.41) is 10.2. The van der Waals surface area contributed by atoms with E-state index >= 15 is 0 Å². The van der Waals surface area contributed by atoms with Crippen LogP contribution in [-0.2, 0) is 11.2 Å². The Morgan fingerprint density at radius 1 is 1.30 bits per heavy atom. The van der Waals surface area contributed by atoms with Gasteiger partial charge >= 0.3 is 0 Å². The highest BCUT2D eigenvalue weighted by molar-refractivity contribution is 7.07. The van der Waals surface area contributed by atoms with Gasteiger partial charge in [-0.1, -0.05) is 6.07 Å². The summed E-state index contributed by atoms with van der Waals surface area (Å²) in [4.78, 5) is 12.2. The number of rotatable bonds is 4. The molecule has 3 nitrogen and oxygen atoms in total. The van der Waals surface area contributed by atoms with Crippen molar-refractivity contribution < 1.29 is 13.6 Å². The van der Waals surface area contributed by atoms with Crippen molar-refractivity contribution in [3.8, 4) is 0 Å². The Kier molecular flexibility index (Phi) is 5.03. The largest absolute Gasteiger partial charge is 0.351 e. The Hall–Kier alpha value is -1.79. The van der Waals surface area contributed by atoms with Crippen LogP contribution in [0.1, 0.15) is 23.5 Å². The van der Waals surface area contributed by atoms with Gasteiger partial charge in [-0.25, -0.2) is 8.78 Å². The van der Waals surface area contributed by atoms with E-state index in [0.29, 0.717) is 13.0 Å². The van der Waals surface area contributed by atoms with Gasteiger partial charge in [0.25, 0.3) is 0 Å². The maximum absolute atomic E-state index is 13.5. The standard InChI is InChI=1S/C17H18F2N2OS/c18-14-2-1-12(8-15(14)19)13-3-5-20-9-16(13)21-17(22)7-11-4-6-23-10-11/h1-2,4,6,8,10,13,16,20H,3,5,7,9H2,(H,21,22). The molecule has 1 saturated heterocycles.